The van der Waals surface area contributed by atoms with Gasteiger partial charge in [0.05, 0.1) is 110 Å². The van der Waals surface area contributed by atoms with Crippen LogP contribution in [0.3, 0.4) is 0 Å². The largest absolute Gasteiger partial charge is 0.494 e. The summed E-state index contributed by atoms with van der Waals surface area (Å²) < 4.78 is 12.6. The molecule has 3 rings (SSSR count). The first-order valence-corrected chi connectivity index (χ1v) is 14.9. The van der Waals surface area contributed by atoms with Crippen LogP contribution in [0.25, 0.3) is 0 Å². The van der Waals surface area contributed by atoms with Gasteiger partial charge in [0.15, 0.2) is 0 Å². The van der Waals surface area contributed by atoms with E-state index >= 15 is 0 Å². The van der Waals surface area contributed by atoms with Crippen LogP contribution in [0.4, 0.5) is 0 Å². The molecule has 2 aliphatic heterocycles. The fourth-order valence-electron chi connectivity index (χ4n) is 7.03. The summed E-state index contributed by atoms with van der Waals surface area (Å²) in [4.78, 5) is 0. The third-order valence-corrected chi connectivity index (χ3v) is 9.85. The van der Waals surface area contributed by atoms with Gasteiger partial charge in [0, 0.05) is 57.1 Å². The smallest absolute Gasteiger partial charge is 0.123 e. The molecule has 1 N–H and O–H groups in total. The van der Waals surface area contributed by atoms with Gasteiger partial charge in [0.1, 0.15) is 11.5 Å². The van der Waals surface area contributed by atoms with Crippen LogP contribution in [-0.2, 0) is 6.61 Å². The Balaban J connectivity index is 1.55. The van der Waals surface area contributed by atoms with Gasteiger partial charge in [-0.3, -0.25) is 0 Å². The van der Waals surface area contributed by atoms with Crippen molar-refractivity contribution >= 4 is 142 Å². The van der Waals surface area contributed by atoms with E-state index in [2.05, 4.69) is 77.4 Å². The first kappa shape index (κ1) is 30.6. The third-order valence-electron chi connectivity index (χ3n) is 9.85. The minimum Gasteiger partial charge on any atom is -0.494 e. The van der Waals surface area contributed by atoms with Crippen molar-refractivity contribution in [3.63, 3.8) is 0 Å². The van der Waals surface area contributed by atoms with Crippen LogP contribution in [0.5, 0.6) is 11.5 Å². The Kier molecular flexibility index (Phi) is 11.4. The monoisotopic (exact) mass is 460 g/mol. The molecule has 36 heavy (non-hydrogen) atoms. The Morgan fingerprint density at radius 3 is 1.36 bits per heavy atom. The van der Waals surface area contributed by atoms with Gasteiger partial charge in [-0.15, -0.1) is 0 Å². The van der Waals surface area contributed by atoms with Crippen LogP contribution in [-0.4, -0.2) is 160 Å². The molecule has 0 saturated carbocycles. The first-order valence-electron chi connectivity index (χ1n) is 14.9. The molecule has 0 aliphatic carbocycles. The Hall–Kier alpha value is 0.0787. The van der Waals surface area contributed by atoms with Crippen LogP contribution < -0.4 is 9.47 Å². The molecular formula is C13H36B20O3. The van der Waals surface area contributed by atoms with Gasteiger partial charge >= 0.3 is 0 Å². The number of rotatable bonds is 15. The molecule has 23 heteroatoms. The quantitative estimate of drug-likeness (QED) is 0.267. The Labute approximate surface area is 234 Å². The summed E-state index contributed by atoms with van der Waals surface area (Å²) >= 11 is 0. The molecule has 0 spiro atoms. The number of aliphatic hydroxyl groups excluding tert-OH is 1. The number of ether oxygens (including phenoxy) is 2. The number of aliphatic hydroxyl groups is 1. The Bertz CT molecular complexity index is 783. The predicted octanol–water partition coefficient (Wildman–Crippen LogP) is -10.4. The highest BCUT2D eigenvalue weighted by Crippen LogP contribution is 2.41. The molecule has 166 valence electrons. The zero-order chi connectivity index (χ0) is 26.7. The van der Waals surface area contributed by atoms with E-state index in [4.69, 9.17) is 9.47 Å². The maximum absolute atomic E-state index is 9.83. The summed E-state index contributed by atoms with van der Waals surface area (Å²) in [6, 6.07) is 5.97. The zero-order valence-electron chi connectivity index (χ0n) is 25.0. The lowest BCUT2D eigenvalue weighted by atomic mass is 8.57. The molecule has 2 fully saturated rings. The molecule has 1 aromatic carbocycles. The molecule has 0 bridgehead atoms. The molecular weight excluding hydrogens is 420 g/mol. The highest BCUT2D eigenvalue weighted by Gasteiger charge is 2.51. The summed E-state index contributed by atoms with van der Waals surface area (Å²) in [6.45, 7) is 3.08. The number of hydrogen-bond acceptors (Lipinski definition) is 3. The van der Waals surface area contributed by atoms with E-state index in [0.717, 1.165) is 81.8 Å². The summed E-state index contributed by atoms with van der Waals surface area (Å²) in [5.74, 6) is 2.95. The highest BCUT2D eigenvalue weighted by molar-refractivity contribution is 8.01. The van der Waals surface area contributed by atoms with Gasteiger partial charge in [0.25, 0.3) is 0 Å². The number of hydrogen-bond donors (Lipinski definition) is 1. The molecule has 2 aliphatic rings. The van der Waals surface area contributed by atoms with E-state index < -0.39 is 0 Å². The van der Waals surface area contributed by atoms with Crippen molar-refractivity contribution in [2.45, 2.75) is 30.9 Å². The fourth-order valence-corrected chi connectivity index (χ4v) is 7.03. The normalized spacial score (nSPS) is 17.6. The minimum atomic E-state index is 0.00825. The molecule has 2 atom stereocenters. The Morgan fingerprint density at radius 1 is 0.667 bits per heavy atom. The van der Waals surface area contributed by atoms with Gasteiger partial charge in [-0.1, -0.05) is 12.6 Å². The van der Waals surface area contributed by atoms with E-state index in [1.165, 1.54) is 12.6 Å². The van der Waals surface area contributed by atoms with E-state index in [-0.39, 0.29) is 6.61 Å². The van der Waals surface area contributed by atoms with E-state index in [9.17, 15) is 5.11 Å². The zero-order valence-corrected chi connectivity index (χ0v) is 25.0. The van der Waals surface area contributed by atoms with Crippen LogP contribution >= 0.6 is 0 Å². The molecule has 0 aromatic heterocycles. The standard InChI is InChI=1S/C13H36B20O3/c14-26(15)30(22)32(28(18)19)24-4-10(24)7-35-12-1-9(6-34)2-13(3-12)36-8-11-5-25(11)33(29(20)21)31(23)27(16)17/h1-3,10-11,34H,4-8,14-23H2. The van der Waals surface area contributed by atoms with Crippen molar-refractivity contribution in [2.75, 3.05) is 13.2 Å². The van der Waals surface area contributed by atoms with Crippen molar-refractivity contribution in [3.05, 3.63) is 23.8 Å². The van der Waals surface area contributed by atoms with Crippen molar-refractivity contribution < 1.29 is 14.6 Å². The second kappa shape index (κ2) is 13.4. The molecule has 3 nitrogen and oxygen atoms in total. The molecule has 2 heterocycles. The predicted molar refractivity (Wildman–Crippen MR) is 203 cm³/mol. The second-order valence-corrected chi connectivity index (χ2v) is 13.8. The van der Waals surface area contributed by atoms with E-state index in [1.54, 1.807) is 0 Å². The van der Waals surface area contributed by atoms with Crippen molar-refractivity contribution in [1.29, 1.82) is 0 Å². The summed E-state index contributed by atoms with van der Waals surface area (Å²) in [6.07, 6.45) is 8.41. The summed E-state index contributed by atoms with van der Waals surface area (Å²) in [5.41, 5.74) is 0.865. The lowest BCUT2D eigenvalue weighted by Crippen LogP contribution is -2.63. The van der Waals surface area contributed by atoms with Crippen molar-refractivity contribution in [1.82, 2.24) is 0 Å². The van der Waals surface area contributed by atoms with Gasteiger partial charge in [-0.05, 0) is 29.3 Å². The highest BCUT2D eigenvalue weighted by atomic mass is 16.5. The average molecular weight is 457 g/mol. The van der Waals surface area contributed by atoms with Gasteiger partial charge < -0.3 is 14.6 Å². The van der Waals surface area contributed by atoms with Crippen LogP contribution in [0.15, 0.2) is 18.2 Å². The van der Waals surface area contributed by atoms with Gasteiger partial charge in [0.2, 0.25) is 0 Å². The van der Waals surface area contributed by atoms with E-state index in [1.807, 2.05) is 18.2 Å². The van der Waals surface area contributed by atoms with Crippen LogP contribution in [0.1, 0.15) is 5.56 Å². The van der Waals surface area contributed by atoms with Crippen LogP contribution in [0, 0.1) is 0 Å². The second-order valence-electron chi connectivity index (χ2n) is 13.8. The minimum absolute atomic E-state index is 0.00825. The SMILES string of the molecule is BB(B)B(B)B(B(B)B)B1CC1COc1cc(CO)cc(OCC2CB2B(B(B)B)B(B)B(B)B)c1. The maximum atomic E-state index is 9.83. The summed E-state index contributed by atoms with van der Waals surface area (Å²) in [7, 11) is 23.8. The third kappa shape index (κ3) is 8.05. The topological polar surface area (TPSA) is 38.7 Å². The van der Waals surface area contributed by atoms with Crippen molar-refractivity contribution in [3.8, 4) is 11.5 Å². The van der Waals surface area contributed by atoms with E-state index in [0.29, 0.717) is 24.4 Å². The summed E-state index contributed by atoms with van der Waals surface area (Å²) in [5, 5.41) is 9.83. The van der Waals surface area contributed by atoms with Gasteiger partial charge in [-0.2, -0.15) is 0 Å². The van der Waals surface area contributed by atoms with Crippen LogP contribution in [0.2, 0.25) is 24.3 Å². The molecule has 0 amide bonds. The fraction of sp³-hybridized carbons (Fsp3) is 0.538. The Morgan fingerprint density at radius 2 is 1.06 bits per heavy atom. The lowest BCUT2D eigenvalue weighted by molar-refractivity contribution is 0.276. The molecule has 0 radical (unpaired) electrons. The number of benzene rings is 1. The first-order chi connectivity index (χ1) is 16.9. The maximum Gasteiger partial charge on any atom is 0.123 e. The van der Waals surface area contributed by atoms with Gasteiger partial charge in [-0.25, -0.2) is 0 Å². The lowest BCUT2D eigenvalue weighted by Gasteiger charge is -2.24. The average Bonchev–Trinajstić information content (AvgIpc) is 3.73. The molecule has 2 unspecified atom stereocenters. The molecule has 1 aromatic rings. The van der Waals surface area contributed by atoms with Crippen molar-refractivity contribution in [2.24, 2.45) is 0 Å². The molecule has 2 saturated heterocycles.